The van der Waals surface area contributed by atoms with Gasteiger partial charge in [0, 0.05) is 9.52 Å². The Morgan fingerprint density at radius 1 is 0.596 bits per heavy atom. The van der Waals surface area contributed by atoms with Crippen molar-refractivity contribution in [2.75, 3.05) is 0 Å². The number of hydrogen-bond donors (Lipinski definition) is 0. The Labute approximate surface area is 325 Å². The van der Waals surface area contributed by atoms with E-state index < -0.39 is 32.6 Å². The fourth-order valence-electron chi connectivity index (χ4n) is 6.67. The summed E-state index contributed by atoms with van der Waals surface area (Å²) in [4.78, 5) is 0. The van der Waals surface area contributed by atoms with E-state index in [0.29, 0.717) is 11.3 Å². The zero-order valence-electron chi connectivity index (χ0n) is 29.7. The Kier molecular flexibility index (Phi) is 13.8. The molecule has 0 aromatic heterocycles. The van der Waals surface area contributed by atoms with Crippen molar-refractivity contribution in [3.8, 4) is 22.3 Å². The van der Waals surface area contributed by atoms with E-state index in [1.165, 1.54) is 44.3 Å². The number of benzene rings is 6. The van der Waals surface area contributed by atoms with E-state index in [9.17, 15) is 13.2 Å². The molecular weight excluding hydrogens is 788 g/mol. The van der Waals surface area contributed by atoms with Crippen LogP contribution in [0.4, 0.5) is 13.2 Å². The molecule has 0 aliphatic heterocycles. The van der Waals surface area contributed by atoms with Crippen molar-refractivity contribution < 1.29 is 34.0 Å². The fourth-order valence-corrected chi connectivity index (χ4v) is 6.67. The van der Waals surface area contributed by atoms with Gasteiger partial charge in [-0.2, -0.15) is 25.3 Å². The van der Waals surface area contributed by atoms with E-state index in [1.807, 2.05) is 55.5 Å². The molecule has 0 atom stereocenters. The summed E-state index contributed by atoms with van der Waals surface area (Å²) in [5, 5.41) is 8.37. The monoisotopic (exact) mass is 824 g/mol. The van der Waals surface area contributed by atoms with Crippen molar-refractivity contribution in [2.45, 2.75) is 46.0 Å². The van der Waals surface area contributed by atoms with Gasteiger partial charge in [-0.05, 0) is 44.2 Å². The summed E-state index contributed by atoms with van der Waals surface area (Å²) in [5.41, 5.74) is 6.13. The SMILES string of the molecule is CC(C)c1cc2c(-c3cccc4ccccc34)cccc2[cH-]1.C[Si]C.Cc1cc2c(-c3cccc4ccccc34)ccc(C(F)(F)F)c2[cH-]1.[Cl][Zr+2][Cl]. The minimum absolute atomic E-state index is 0.269. The molecule has 8 aromatic carbocycles. The summed E-state index contributed by atoms with van der Waals surface area (Å²) in [6, 6.07) is 46.6. The molecule has 52 heavy (non-hydrogen) atoms. The van der Waals surface area contributed by atoms with Crippen LogP contribution in [0.5, 0.6) is 0 Å². The van der Waals surface area contributed by atoms with Gasteiger partial charge in [0.2, 0.25) is 0 Å². The molecule has 7 heteroatoms. The molecule has 0 fully saturated rings. The van der Waals surface area contributed by atoms with Gasteiger partial charge in [0.1, 0.15) is 0 Å². The first-order valence-electron chi connectivity index (χ1n) is 17.0. The second-order valence-electron chi connectivity index (χ2n) is 12.9. The number of hydrogen-bond acceptors (Lipinski definition) is 0. The van der Waals surface area contributed by atoms with Crippen molar-refractivity contribution in [3.05, 3.63) is 156 Å². The zero-order valence-corrected chi connectivity index (χ0v) is 34.7. The first kappa shape index (κ1) is 39.7. The van der Waals surface area contributed by atoms with Gasteiger partial charge < -0.3 is 0 Å². The Balaban J connectivity index is 0.000000175. The molecule has 8 aromatic rings. The van der Waals surface area contributed by atoms with Gasteiger partial charge in [0.25, 0.3) is 0 Å². The Morgan fingerprint density at radius 3 is 1.58 bits per heavy atom. The van der Waals surface area contributed by atoms with Crippen LogP contribution in [0.2, 0.25) is 13.1 Å². The normalized spacial score (nSPS) is 11.1. The summed E-state index contributed by atoms with van der Waals surface area (Å²) < 4.78 is 39.9. The predicted octanol–water partition coefficient (Wildman–Crippen LogP) is 15.4. The van der Waals surface area contributed by atoms with Crippen molar-refractivity contribution in [1.82, 2.24) is 0 Å². The van der Waals surface area contributed by atoms with Gasteiger partial charge >= 0.3 is 44.1 Å². The van der Waals surface area contributed by atoms with Crippen molar-refractivity contribution >= 4 is 69.6 Å². The molecule has 2 radical (unpaired) electrons. The van der Waals surface area contributed by atoms with Crippen LogP contribution in [0.3, 0.4) is 0 Å². The van der Waals surface area contributed by atoms with Crippen LogP contribution in [-0.2, 0) is 27.0 Å². The average Bonchev–Trinajstić information content (AvgIpc) is 3.75. The van der Waals surface area contributed by atoms with Gasteiger partial charge in [-0.1, -0.05) is 148 Å². The van der Waals surface area contributed by atoms with Gasteiger partial charge in [-0.15, -0.1) is 56.9 Å². The number of aryl methyl sites for hydroxylation is 1. The molecule has 0 saturated carbocycles. The van der Waals surface area contributed by atoms with Gasteiger partial charge in [0.05, 0.1) is 0 Å². The molecule has 0 nitrogen and oxygen atoms in total. The minimum atomic E-state index is -4.35. The molecule has 0 aliphatic rings. The molecule has 0 spiro atoms. The Morgan fingerprint density at radius 2 is 1.06 bits per heavy atom. The van der Waals surface area contributed by atoms with Crippen LogP contribution in [0, 0.1) is 6.92 Å². The molecule has 262 valence electrons. The quantitative estimate of drug-likeness (QED) is 0.123. The third-order valence-corrected chi connectivity index (χ3v) is 8.94. The van der Waals surface area contributed by atoms with E-state index in [-0.39, 0.29) is 5.39 Å². The van der Waals surface area contributed by atoms with Gasteiger partial charge in [-0.25, -0.2) is 0 Å². The van der Waals surface area contributed by atoms with Crippen LogP contribution in [0.1, 0.15) is 36.5 Å². The molecule has 0 heterocycles. The summed E-state index contributed by atoms with van der Waals surface area (Å²) in [6.07, 6.45) is -4.35. The predicted molar refractivity (Wildman–Crippen MR) is 218 cm³/mol. The molecule has 0 amide bonds. The van der Waals surface area contributed by atoms with E-state index in [4.69, 9.17) is 17.0 Å². The van der Waals surface area contributed by atoms with E-state index in [1.54, 1.807) is 12.1 Å². The van der Waals surface area contributed by atoms with Crippen molar-refractivity contribution in [3.63, 3.8) is 0 Å². The Bertz CT molecular complexity index is 2390. The molecule has 0 N–H and O–H groups in total. The topological polar surface area (TPSA) is 0 Å². The van der Waals surface area contributed by atoms with Crippen molar-refractivity contribution in [2.24, 2.45) is 0 Å². The summed E-state index contributed by atoms with van der Waals surface area (Å²) in [6.45, 7) is 10.6. The number of alkyl halides is 3. The van der Waals surface area contributed by atoms with Gasteiger partial charge in [-0.3, -0.25) is 0 Å². The zero-order chi connectivity index (χ0) is 37.4. The Hall–Kier alpha value is -3.47. The summed E-state index contributed by atoms with van der Waals surface area (Å²) >= 11 is -0.826. The van der Waals surface area contributed by atoms with E-state index in [0.717, 1.165) is 37.0 Å². The summed E-state index contributed by atoms with van der Waals surface area (Å²) in [5.74, 6) is 0.563. The first-order chi connectivity index (χ1) is 25.0. The van der Waals surface area contributed by atoms with Crippen LogP contribution >= 0.6 is 17.0 Å². The van der Waals surface area contributed by atoms with Crippen molar-refractivity contribution in [1.29, 1.82) is 0 Å². The molecular formula is C45H39Cl2F3SiZr. The number of rotatable bonds is 3. The molecule has 8 rings (SSSR count). The molecule has 0 saturated heterocycles. The average molecular weight is 827 g/mol. The third kappa shape index (κ3) is 9.00. The molecule has 0 aliphatic carbocycles. The van der Waals surface area contributed by atoms with Crippen LogP contribution in [0.25, 0.3) is 65.3 Å². The summed E-state index contributed by atoms with van der Waals surface area (Å²) in [7, 11) is 11.0. The second kappa shape index (κ2) is 18.0. The standard InChI is InChI=1S/C22H19.C21H14F3.C2H6Si.2ClH.Zr/c1-15(2)18-13-17-9-6-12-21(22(17)14-18)20-11-5-8-16-7-3-4-10-19(16)20;1-13-11-18-17(9-10-20(19(18)12-13)21(22,23)24)16-8-4-6-14-5-2-3-7-15(14)16;1-3-2;;;/h3-15H,1-2H3;2-12H,1H3;1-2H3;2*1H;/q2*-1;;;;+4/p-2. The third-order valence-electron chi connectivity index (χ3n) is 8.94. The number of fused-ring (bicyclic) bond motifs is 4. The molecule has 0 bridgehead atoms. The van der Waals surface area contributed by atoms with Crippen LogP contribution < -0.4 is 0 Å². The second-order valence-corrected chi connectivity index (χ2v) is 17.6. The first-order valence-corrected chi connectivity index (χ1v) is 25.3. The van der Waals surface area contributed by atoms with Gasteiger partial charge in [0.15, 0.2) is 0 Å². The fraction of sp³-hybridized carbons (Fsp3) is 0.156. The van der Waals surface area contributed by atoms with E-state index >= 15 is 0 Å². The van der Waals surface area contributed by atoms with E-state index in [2.05, 4.69) is 99.7 Å². The molecule has 0 unspecified atom stereocenters. The van der Waals surface area contributed by atoms with Crippen LogP contribution in [0.15, 0.2) is 140 Å². The van der Waals surface area contributed by atoms with Crippen LogP contribution in [-0.4, -0.2) is 9.52 Å². The maximum absolute atomic E-state index is 13.3. The maximum atomic E-state index is 13.3. The number of halogens is 5.